The van der Waals surface area contributed by atoms with E-state index in [1.165, 1.54) is 6.07 Å². The lowest BCUT2D eigenvalue weighted by Crippen LogP contribution is -2.51. The second kappa shape index (κ2) is 5.04. The number of carboxylic acid groups (broad SMARTS) is 1. The number of halogens is 2. The van der Waals surface area contributed by atoms with Crippen LogP contribution in [0.4, 0.5) is 4.79 Å². The summed E-state index contributed by atoms with van der Waals surface area (Å²) in [6.07, 6.45) is -1.14. The molecule has 1 aromatic carbocycles. The van der Waals surface area contributed by atoms with Gasteiger partial charge >= 0.3 is 6.09 Å². The van der Waals surface area contributed by atoms with Crippen LogP contribution in [0.2, 0.25) is 10.0 Å². The maximum absolute atomic E-state index is 11.8. The van der Waals surface area contributed by atoms with Gasteiger partial charge in [0.15, 0.2) is 0 Å². The summed E-state index contributed by atoms with van der Waals surface area (Å²) in [4.78, 5) is 24.0. The van der Waals surface area contributed by atoms with Gasteiger partial charge in [-0.15, -0.1) is 0 Å². The molecule has 96 valence electrons. The molecule has 0 aromatic heterocycles. The van der Waals surface area contributed by atoms with Crippen LogP contribution in [0.5, 0.6) is 0 Å². The van der Waals surface area contributed by atoms with Crippen molar-refractivity contribution >= 4 is 35.2 Å². The molecule has 7 heteroatoms. The van der Waals surface area contributed by atoms with E-state index in [4.69, 9.17) is 28.3 Å². The van der Waals surface area contributed by atoms with Gasteiger partial charge in [-0.05, 0) is 17.7 Å². The predicted octanol–water partition coefficient (Wildman–Crippen LogP) is 2.14. The highest BCUT2D eigenvalue weighted by Crippen LogP contribution is 2.29. The molecule has 1 saturated heterocycles. The van der Waals surface area contributed by atoms with Gasteiger partial charge in [-0.1, -0.05) is 29.3 Å². The summed E-state index contributed by atoms with van der Waals surface area (Å²) >= 11 is 11.7. The van der Waals surface area contributed by atoms with Crippen LogP contribution in [0.3, 0.4) is 0 Å². The van der Waals surface area contributed by atoms with Crippen molar-refractivity contribution in [3.8, 4) is 0 Å². The normalized spacial score (nSPS) is 19.6. The molecule has 0 saturated carbocycles. The third-order valence-corrected chi connectivity index (χ3v) is 3.46. The van der Waals surface area contributed by atoms with Gasteiger partial charge in [-0.2, -0.15) is 0 Å². The Bertz CT molecular complexity index is 507. The molecule has 1 aromatic rings. The maximum Gasteiger partial charge on any atom is 0.408 e. The highest BCUT2D eigenvalue weighted by Gasteiger charge is 2.34. The van der Waals surface area contributed by atoms with Gasteiger partial charge in [0.1, 0.15) is 6.04 Å². The first kappa shape index (κ1) is 13.0. The molecule has 2 amide bonds. The number of hydrogen-bond donors (Lipinski definition) is 2. The van der Waals surface area contributed by atoms with Gasteiger partial charge in [-0.3, -0.25) is 9.69 Å². The molecule has 1 heterocycles. The summed E-state index contributed by atoms with van der Waals surface area (Å²) in [5, 5.41) is 12.4. The SMILES string of the molecule is O=C1NCCN(C(=O)O)C1c1ccc(Cl)c(Cl)c1. The summed E-state index contributed by atoms with van der Waals surface area (Å²) in [5.74, 6) is -0.359. The monoisotopic (exact) mass is 288 g/mol. The van der Waals surface area contributed by atoms with Crippen molar-refractivity contribution in [2.45, 2.75) is 6.04 Å². The minimum absolute atomic E-state index is 0.242. The first-order valence-electron chi connectivity index (χ1n) is 5.23. The molecule has 1 fully saturated rings. The fourth-order valence-corrected chi connectivity index (χ4v) is 2.19. The number of carbonyl (C=O) groups is 2. The van der Waals surface area contributed by atoms with Crippen LogP contribution in [0, 0.1) is 0 Å². The van der Waals surface area contributed by atoms with Crippen molar-refractivity contribution in [2.24, 2.45) is 0 Å². The lowest BCUT2D eigenvalue weighted by molar-refractivity contribution is -0.128. The number of carbonyl (C=O) groups excluding carboxylic acids is 1. The first-order valence-corrected chi connectivity index (χ1v) is 5.98. The highest BCUT2D eigenvalue weighted by molar-refractivity contribution is 6.42. The van der Waals surface area contributed by atoms with Crippen LogP contribution in [-0.2, 0) is 4.79 Å². The number of nitrogens with one attached hydrogen (secondary N) is 1. The summed E-state index contributed by atoms with van der Waals surface area (Å²) < 4.78 is 0. The molecule has 1 atom stereocenters. The summed E-state index contributed by atoms with van der Waals surface area (Å²) in [5.41, 5.74) is 0.504. The summed E-state index contributed by atoms with van der Waals surface area (Å²) in [7, 11) is 0. The van der Waals surface area contributed by atoms with E-state index in [9.17, 15) is 9.59 Å². The number of nitrogens with zero attached hydrogens (tertiary/aromatic N) is 1. The Balaban J connectivity index is 2.40. The molecule has 2 N–H and O–H groups in total. The number of amides is 2. The molecule has 1 aliphatic heterocycles. The molecule has 0 bridgehead atoms. The highest BCUT2D eigenvalue weighted by atomic mass is 35.5. The van der Waals surface area contributed by atoms with E-state index < -0.39 is 12.1 Å². The van der Waals surface area contributed by atoms with Gasteiger partial charge in [0.25, 0.3) is 0 Å². The van der Waals surface area contributed by atoms with E-state index in [0.29, 0.717) is 17.1 Å². The standard InChI is InChI=1S/C11H10Cl2N2O3/c12-7-2-1-6(5-8(7)13)9-10(16)14-3-4-15(9)11(17)18/h1-2,5,9H,3-4H2,(H,14,16)(H,17,18). The lowest BCUT2D eigenvalue weighted by atomic mass is 10.0. The van der Waals surface area contributed by atoms with Crippen molar-refractivity contribution in [3.05, 3.63) is 33.8 Å². The third kappa shape index (κ3) is 2.37. The van der Waals surface area contributed by atoms with Crippen molar-refractivity contribution in [1.82, 2.24) is 10.2 Å². The van der Waals surface area contributed by atoms with Gasteiger partial charge in [0.05, 0.1) is 10.0 Å². The average molecular weight is 289 g/mol. The van der Waals surface area contributed by atoms with Crippen LogP contribution in [0.15, 0.2) is 18.2 Å². The predicted molar refractivity (Wildman–Crippen MR) is 66.9 cm³/mol. The number of rotatable bonds is 1. The van der Waals surface area contributed by atoms with Gasteiger partial charge in [0, 0.05) is 13.1 Å². The Kier molecular flexibility index (Phi) is 3.63. The van der Waals surface area contributed by atoms with Crippen molar-refractivity contribution in [3.63, 3.8) is 0 Å². The Morgan fingerprint density at radius 1 is 1.39 bits per heavy atom. The van der Waals surface area contributed by atoms with Crippen molar-refractivity contribution < 1.29 is 14.7 Å². The zero-order chi connectivity index (χ0) is 13.3. The molecular weight excluding hydrogens is 279 g/mol. The van der Waals surface area contributed by atoms with Gasteiger partial charge < -0.3 is 10.4 Å². The topological polar surface area (TPSA) is 69.6 Å². The van der Waals surface area contributed by atoms with E-state index in [2.05, 4.69) is 5.32 Å². The van der Waals surface area contributed by atoms with Crippen LogP contribution in [0.25, 0.3) is 0 Å². The third-order valence-electron chi connectivity index (χ3n) is 2.72. The largest absolute Gasteiger partial charge is 0.465 e. The average Bonchev–Trinajstić information content (AvgIpc) is 2.32. The molecule has 5 nitrogen and oxygen atoms in total. The number of hydrogen-bond acceptors (Lipinski definition) is 2. The molecule has 1 aliphatic rings. The Morgan fingerprint density at radius 3 is 2.72 bits per heavy atom. The summed E-state index contributed by atoms with van der Waals surface area (Å²) in [6.45, 7) is 0.551. The Morgan fingerprint density at radius 2 is 2.11 bits per heavy atom. The van der Waals surface area contributed by atoms with Crippen molar-refractivity contribution in [2.75, 3.05) is 13.1 Å². The van der Waals surface area contributed by atoms with Crippen LogP contribution in [-0.4, -0.2) is 35.1 Å². The molecular formula is C11H10Cl2N2O3. The smallest absolute Gasteiger partial charge is 0.408 e. The number of piperazine rings is 1. The van der Waals surface area contributed by atoms with Crippen molar-refractivity contribution in [1.29, 1.82) is 0 Å². The van der Waals surface area contributed by atoms with Crippen LogP contribution < -0.4 is 5.32 Å². The first-order chi connectivity index (χ1) is 8.50. The van der Waals surface area contributed by atoms with E-state index in [-0.39, 0.29) is 17.5 Å². The molecule has 2 rings (SSSR count). The molecule has 0 radical (unpaired) electrons. The zero-order valence-corrected chi connectivity index (χ0v) is 10.7. The Hall–Kier alpha value is -1.46. The molecule has 1 unspecified atom stereocenters. The quantitative estimate of drug-likeness (QED) is 0.832. The summed E-state index contributed by atoms with van der Waals surface area (Å²) in [6, 6.07) is 3.77. The van der Waals surface area contributed by atoms with Gasteiger partial charge in [-0.25, -0.2) is 4.79 Å². The van der Waals surface area contributed by atoms with Crippen LogP contribution in [0.1, 0.15) is 11.6 Å². The maximum atomic E-state index is 11.8. The lowest BCUT2D eigenvalue weighted by Gasteiger charge is -2.33. The molecule has 18 heavy (non-hydrogen) atoms. The zero-order valence-electron chi connectivity index (χ0n) is 9.19. The molecule has 0 spiro atoms. The van der Waals surface area contributed by atoms with Crippen LogP contribution >= 0.6 is 23.2 Å². The second-order valence-electron chi connectivity index (χ2n) is 3.84. The molecule has 0 aliphatic carbocycles. The minimum Gasteiger partial charge on any atom is -0.465 e. The fraction of sp³-hybridized carbons (Fsp3) is 0.273. The Labute approximate surface area is 113 Å². The van der Waals surface area contributed by atoms with E-state index >= 15 is 0 Å². The van der Waals surface area contributed by atoms with E-state index in [0.717, 1.165) is 4.90 Å². The fourth-order valence-electron chi connectivity index (χ4n) is 1.89. The minimum atomic E-state index is -1.14. The van der Waals surface area contributed by atoms with E-state index in [1.807, 2.05) is 0 Å². The number of benzene rings is 1. The van der Waals surface area contributed by atoms with Gasteiger partial charge in [0.2, 0.25) is 5.91 Å². The van der Waals surface area contributed by atoms with E-state index in [1.54, 1.807) is 12.1 Å². The second-order valence-corrected chi connectivity index (χ2v) is 4.66.